The zero-order chi connectivity index (χ0) is 17.8. The van der Waals surface area contributed by atoms with Gasteiger partial charge in [-0.2, -0.15) is 0 Å². The summed E-state index contributed by atoms with van der Waals surface area (Å²) in [7, 11) is 1.82. The second-order valence-electron chi connectivity index (χ2n) is 6.64. The van der Waals surface area contributed by atoms with Crippen LogP contribution in [0.2, 0.25) is 0 Å². The normalized spacial score (nSPS) is 24.1. The van der Waals surface area contributed by atoms with Crippen LogP contribution >= 0.6 is 0 Å². The number of urea groups is 1. The van der Waals surface area contributed by atoms with Crippen LogP contribution in [0.1, 0.15) is 12.0 Å². The maximum absolute atomic E-state index is 13.9. The first-order chi connectivity index (χ1) is 12.0. The molecule has 0 saturated carbocycles. The monoisotopic (exact) mass is 350 g/mol. The Labute approximate surface area is 146 Å². The number of amides is 3. The van der Waals surface area contributed by atoms with Crippen LogP contribution in [0.25, 0.3) is 0 Å². The molecule has 3 rings (SSSR count). The quantitative estimate of drug-likeness (QED) is 0.770. The largest absolute Gasteiger partial charge is 0.336 e. The SMILES string of the molecule is CN(CC(=O)N1CCNC1=O)C[C@@H]1C[C@H](F)CN1Cc1cncnc1. The van der Waals surface area contributed by atoms with E-state index in [-0.39, 0.29) is 24.5 Å². The molecule has 3 heterocycles. The van der Waals surface area contributed by atoms with Gasteiger partial charge in [0.25, 0.3) is 0 Å². The lowest BCUT2D eigenvalue weighted by Crippen LogP contribution is -2.44. The van der Waals surface area contributed by atoms with Crippen molar-refractivity contribution in [3.63, 3.8) is 0 Å². The van der Waals surface area contributed by atoms with Crippen LogP contribution in [0.5, 0.6) is 0 Å². The molecule has 9 heteroatoms. The van der Waals surface area contributed by atoms with Gasteiger partial charge in [0.05, 0.1) is 6.54 Å². The van der Waals surface area contributed by atoms with E-state index in [4.69, 9.17) is 0 Å². The van der Waals surface area contributed by atoms with Crippen molar-refractivity contribution < 1.29 is 14.0 Å². The van der Waals surface area contributed by atoms with Crippen LogP contribution in [0, 0.1) is 0 Å². The Morgan fingerprint density at radius 3 is 2.88 bits per heavy atom. The first-order valence-electron chi connectivity index (χ1n) is 8.41. The van der Waals surface area contributed by atoms with E-state index in [1.165, 1.54) is 11.2 Å². The summed E-state index contributed by atoms with van der Waals surface area (Å²) < 4.78 is 13.9. The standard InChI is InChI=1S/C16H23FN6O2/c1-21(10-15(24)23-3-2-20-16(23)25)9-14-4-13(17)8-22(14)7-12-5-18-11-19-6-12/h5-6,11,13-14H,2-4,7-10H2,1H3,(H,20,25)/t13-,14-/m0/s1. The topological polar surface area (TPSA) is 81.7 Å². The summed E-state index contributed by atoms with van der Waals surface area (Å²) in [5, 5.41) is 2.62. The van der Waals surface area contributed by atoms with E-state index in [2.05, 4.69) is 20.2 Å². The van der Waals surface area contributed by atoms with Gasteiger partial charge >= 0.3 is 6.03 Å². The lowest BCUT2D eigenvalue weighted by Gasteiger charge is -2.28. The molecule has 1 aromatic heterocycles. The van der Waals surface area contributed by atoms with E-state index in [0.29, 0.717) is 39.1 Å². The molecule has 0 aromatic carbocycles. The smallest absolute Gasteiger partial charge is 0.324 e. The second kappa shape index (κ2) is 7.83. The summed E-state index contributed by atoms with van der Waals surface area (Å²) in [6.45, 7) is 2.56. The van der Waals surface area contributed by atoms with Gasteiger partial charge in [0, 0.05) is 56.7 Å². The van der Waals surface area contributed by atoms with Crippen molar-refractivity contribution in [1.29, 1.82) is 0 Å². The number of aromatic nitrogens is 2. The Kier molecular flexibility index (Phi) is 5.54. The van der Waals surface area contributed by atoms with Gasteiger partial charge in [0.2, 0.25) is 5.91 Å². The molecule has 1 aromatic rings. The van der Waals surface area contributed by atoms with E-state index >= 15 is 0 Å². The molecule has 2 atom stereocenters. The third kappa shape index (κ3) is 4.49. The van der Waals surface area contributed by atoms with Crippen LogP contribution in [0.15, 0.2) is 18.7 Å². The number of hydrogen-bond acceptors (Lipinski definition) is 6. The predicted molar refractivity (Wildman–Crippen MR) is 88.4 cm³/mol. The van der Waals surface area contributed by atoms with Crippen LogP contribution in [0.3, 0.4) is 0 Å². The molecular weight excluding hydrogens is 327 g/mol. The number of nitrogens with one attached hydrogen (secondary N) is 1. The van der Waals surface area contributed by atoms with E-state index in [1.54, 1.807) is 12.4 Å². The maximum atomic E-state index is 13.9. The Balaban J connectivity index is 1.54. The number of halogens is 1. The van der Waals surface area contributed by atoms with Gasteiger partial charge in [-0.15, -0.1) is 0 Å². The molecule has 0 unspecified atom stereocenters. The van der Waals surface area contributed by atoms with Gasteiger partial charge < -0.3 is 5.32 Å². The number of likely N-dealkylation sites (N-methyl/N-ethyl adjacent to an activating group) is 1. The molecule has 1 N–H and O–H groups in total. The fourth-order valence-electron chi connectivity index (χ4n) is 3.40. The first kappa shape index (κ1) is 17.7. The maximum Gasteiger partial charge on any atom is 0.324 e. The average Bonchev–Trinajstić information content (AvgIpc) is 3.14. The highest BCUT2D eigenvalue weighted by Crippen LogP contribution is 2.23. The number of rotatable bonds is 6. The highest BCUT2D eigenvalue weighted by Gasteiger charge is 2.34. The minimum absolute atomic E-state index is 0.0143. The molecule has 0 radical (unpaired) electrons. The molecular formula is C16H23FN6O2. The summed E-state index contributed by atoms with van der Waals surface area (Å²) in [6.07, 6.45) is 4.50. The molecule has 8 nitrogen and oxygen atoms in total. The zero-order valence-corrected chi connectivity index (χ0v) is 14.3. The minimum atomic E-state index is -0.872. The van der Waals surface area contributed by atoms with Gasteiger partial charge in [-0.05, 0) is 13.5 Å². The number of carbonyl (C=O) groups excluding carboxylic acids is 2. The van der Waals surface area contributed by atoms with E-state index in [1.807, 2.05) is 11.9 Å². The van der Waals surface area contributed by atoms with Crippen molar-refractivity contribution in [1.82, 2.24) is 30.0 Å². The summed E-state index contributed by atoms with van der Waals surface area (Å²) in [5.74, 6) is -0.227. The van der Waals surface area contributed by atoms with Crippen molar-refractivity contribution in [2.45, 2.75) is 25.2 Å². The molecule has 2 aliphatic heterocycles. The Morgan fingerprint density at radius 1 is 1.44 bits per heavy atom. The predicted octanol–water partition coefficient (Wildman–Crippen LogP) is -0.127. The highest BCUT2D eigenvalue weighted by molar-refractivity contribution is 5.96. The Hall–Kier alpha value is -2.13. The highest BCUT2D eigenvalue weighted by atomic mass is 19.1. The molecule has 2 aliphatic rings. The fraction of sp³-hybridized carbons (Fsp3) is 0.625. The van der Waals surface area contributed by atoms with E-state index < -0.39 is 6.17 Å². The summed E-state index contributed by atoms with van der Waals surface area (Å²) in [4.78, 5) is 36.9. The number of carbonyl (C=O) groups is 2. The third-order valence-electron chi connectivity index (χ3n) is 4.56. The van der Waals surface area contributed by atoms with Crippen molar-refractivity contribution in [3.8, 4) is 0 Å². The van der Waals surface area contributed by atoms with E-state index in [0.717, 1.165) is 5.56 Å². The van der Waals surface area contributed by atoms with E-state index in [9.17, 15) is 14.0 Å². The number of imide groups is 1. The van der Waals surface area contributed by atoms with Gasteiger partial charge in [0.1, 0.15) is 12.5 Å². The molecule has 2 saturated heterocycles. The van der Waals surface area contributed by atoms with Gasteiger partial charge in [-0.1, -0.05) is 0 Å². The molecule has 136 valence electrons. The summed E-state index contributed by atoms with van der Waals surface area (Å²) >= 11 is 0. The Morgan fingerprint density at radius 2 is 2.20 bits per heavy atom. The number of alkyl halides is 1. The van der Waals surface area contributed by atoms with Crippen LogP contribution in [-0.4, -0.2) is 88.6 Å². The lowest BCUT2D eigenvalue weighted by molar-refractivity contribution is -0.128. The van der Waals surface area contributed by atoms with Crippen molar-refractivity contribution in [2.75, 3.05) is 39.8 Å². The minimum Gasteiger partial charge on any atom is -0.336 e. The summed E-state index contributed by atoms with van der Waals surface area (Å²) in [5.41, 5.74) is 0.939. The van der Waals surface area contributed by atoms with Gasteiger partial charge in [0.15, 0.2) is 0 Å². The Bertz CT molecular complexity index is 616. The molecule has 0 spiro atoms. The van der Waals surface area contributed by atoms with Crippen LogP contribution < -0.4 is 5.32 Å². The molecule has 0 aliphatic carbocycles. The third-order valence-corrected chi connectivity index (χ3v) is 4.56. The number of nitrogens with zero attached hydrogens (tertiary/aromatic N) is 5. The molecule has 3 amide bonds. The molecule has 0 bridgehead atoms. The van der Waals surface area contributed by atoms with Crippen LogP contribution in [-0.2, 0) is 11.3 Å². The lowest BCUT2D eigenvalue weighted by atomic mass is 10.2. The molecule has 2 fully saturated rings. The second-order valence-corrected chi connectivity index (χ2v) is 6.64. The fourth-order valence-corrected chi connectivity index (χ4v) is 3.40. The zero-order valence-electron chi connectivity index (χ0n) is 14.3. The average molecular weight is 350 g/mol. The van der Waals surface area contributed by atoms with Gasteiger partial charge in [-0.3, -0.25) is 19.5 Å². The van der Waals surface area contributed by atoms with Crippen molar-refractivity contribution in [2.24, 2.45) is 0 Å². The summed E-state index contributed by atoms with van der Waals surface area (Å²) in [6, 6.07) is -0.325. The number of hydrogen-bond donors (Lipinski definition) is 1. The van der Waals surface area contributed by atoms with Crippen molar-refractivity contribution in [3.05, 3.63) is 24.3 Å². The molecule has 25 heavy (non-hydrogen) atoms. The van der Waals surface area contributed by atoms with Crippen LogP contribution in [0.4, 0.5) is 9.18 Å². The van der Waals surface area contributed by atoms with Gasteiger partial charge in [-0.25, -0.2) is 19.2 Å². The van der Waals surface area contributed by atoms with Crippen molar-refractivity contribution >= 4 is 11.9 Å². The first-order valence-corrected chi connectivity index (χ1v) is 8.41. The number of likely N-dealkylation sites (tertiary alicyclic amines) is 1.